The van der Waals surface area contributed by atoms with Gasteiger partial charge in [-0.3, -0.25) is 0 Å². The predicted molar refractivity (Wildman–Crippen MR) is 115 cm³/mol. The molecule has 3 rings (SSSR count). The van der Waals surface area contributed by atoms with Crippen molar-refractivity contribution in [1.82, 2.24) is 9.47 Å². The lowest BCUT2D eigenvalue weighted by Crippen LogP contribution is -2.26. The Morgan fingerprint density at radius 2 is 1.85 bits per heavy atom. The van der Waals surface area contributed by atoms with Crippen molar-refractivity contribution in [2.45, 2.75) is 26.8 Å². The molecule has 0 spiro atoms. The molecule has 138 valence electrons. The Kier molecular flexibility index (Phi) is 7.08. The zero-order chi connectivity index (χ0) is 18.4. The molecule has 0 aliphatic carbocycles. The molecule has 2 heterocycles. The SMILES string of the molecule is CCN(CC)CCCn1c(-c2cccs2)csc1=Nc1ccc(Cl)cc1. The Balaban J connectivity index is 1.90. The lowest BCUT2D eigenvalue weighted by Gasteiger charge is -2.18. The third-order valence-corrected chi connectivity index (χ3v) is 6.38. The Labute approximate surface area is 168 Å². The van der Waals surface area contributed by atoms with Crippen molar-refractivity contribution in [2.75, 3.05) is 19.6 Å². The zero-order valence-electron chi connectivity index (χ0n) is 15.2. The fraction of sp³-hybridized carbons (Fsp3) is 0.350. The summed E-state index contributed by atoms with van der Waals surface area (Å²) in [7, 11) is 0. The molecule has 0 amide bonds. The van der Waals surface area contributed by atoms with E-state index in [4.69, 9.17) is 16.6 Å². The van der Waals surface area contributed by atoms with Crippen LogP contribution in [-0.4, -0.2) is 29.1 Å². The van der Waals surface area contributed by atoms with Crippen molar-refractivity contribution in [1.29, 1.82) is 0 Å². The summed E-state index contributed by atoms with van der Waals surface area (Å²) in [5, 5.41) is 5.09. The zero-order valence-corrected chi connectivity index (χ0v) is 17.6. The molecule has 0 saturated heterocycles. The molecule has 1 aromatic carbocycles. The van der Waals surface area contributed by atoms with Crippen molar-refractivity contribution >= 4 is 40.0 Å². The molecule has 0 fully saturated rings. The van der Waals surface area contributed by atoms with Gasteiger partial charge < -0.3 is 9.47 Å². The smallest absolute Gasteiger partial charge is 0.190 e. The fourth-order valence-corrected chi connectivity index (χ4v) is 4.77. The third kappa shape index (κ3) is 4.86. The summed E-state index contributed by atoms with van der Waals surface area (Å²) in [4.78, 5) is 9.66. The van der Waals surface area contributed by atoms with E-state index in [1.165, 1.54) is 10.6 Å². The van der Waals surface area contributed by atoms with Gasteiger partial charge in [-0.1, -0.05) is 31.5 Å². The van der Waals surface area contributed by atoms with Crippen LogP contribution in [0, 0.1) is 0 Å². The van der Waals surface area contributed by atoms with E-state index >= 15 is 0 Å². The molecule has 3 nitrogen and oxygen atoms in total. The lowest BCUT2D eigenvalue weighted by molar-refractivity contribution is 0.293. The Morgan fingerprint density at radius 3 is 2.50 bits per heavy atom. The number of halogens is 1. The number of benzene rings is 1. The van der Waals surface area contributed by atoms with Gasteiger partial charge in [0.15, 0.2) is 4.80 Å². The van der Waals surface area contributed by atoms with Crippen LogP contribution >= 0.6 is 34.3 Å². The van der Waals surface area contributed by atoms with E-state index in [-0.39, 0.29) is 0 Å². The number of hydrogen-bond donors (Lipinski definition) is 0. The van der Waals surface area contributed by atoms with Gasteiger partial charge in [-0.2, -0.15) is 0 Å². The summed E-state index contributed by atoms with van der Waals surface area (Å²) in [6.07, 6.45) is 1.12. The molecular formula is C20H24ClN3S2. The number of thiophene rings is 1. The van der Waals surface area contributed by atoms with Gasteiger partial charge in [0.1, 0.15) is 0 Å². The highest BCUT2D eigenvalue weighted by Crippen LogP contribution is 2.26. The van der Waals surface area contributed by atoms with Crippen LogP contribution in [0.5, 0.6) is 0 Å². The van der Waals surface area contributed by atoms with Crippen LogP contribution in [0.1, 0.15) is 20.3 Å². The molecule has 3 aromatic rings. The van der Waals surface area contributed by atoms with Gasteiger partial charge >= 0.3 is 0 Å². The summed E-state index contributed by atoms with van der Waals surface area (Å²) in [6.45, 7) is 8.73. The molecule has 0 aliphatic heterocycles. The fourth-order valence-electron chi connectivity index (χ4n) is 2.88. The van der Waals surface area contributed by atoms with Crippen LogP contribution in [0.3, 0.4) is 0 Å². The average Bonchev–Trinajstić information content (AvgIpc) is 3.31. The summed E-state index contributed by atoms with van der Waals surface area (Å²) >= 11 is 9.47. The number of nitrogens with zero attached hydrogens (tertiary/aromatic N) is 3. The Morgan fingerprint density at radius 1 is 1.08 bits per heavy atom. The van der Waals surface area contributed by atoms with Crippen molar-refractivity contribution in [3.8, 4) is 10.6 Å². The van der Waals surface area contributed by atoms with Gasteiger partial charge in [0.2, 0.25) is 0 Å². The minimum Gasteiger partial charge on any atom is -0.316 e. The highest BCUT2D eigenvalue weighted by atomic mass is 35.5. The van der Waals surface area contributed by atoms with Gasteiger partial charge in [0.05, 0.1) is 16.3 Å². The van der Waals surface area contributed by atoms with Crippen molar-refractivity contribution in [3.05, 3.63) is 57.0 Å². The first-order valence-corrected chi connectivity index (χ1v) is 11.1. The average molecular weight is 406 g/mol. The van der Waals surface area contributed by atoms with Crippen LogP contribution in [0.25, 0.3) is 10.6 Å². The Hall–Kier alpha value is -1.40. The van der Waals surface area contributed by atoms with E-state index < -0.39 is 0 Å². The first-order chi connectivity index (χ1) is 12.7. The molecular weight excluding hydrogens is 382 g/mol. The van der Waals surface area contributed by atoms with Crippen molar-refractivity contribution < 1.29 is 0 Å². The van der Waals surface area contributed by atoms with E-state index in [1.807, 2.05) is 24.3 Å². The van der Waals surface area contributed by atoms with Crippen LogP contribution in [-0.2, 0) is 6.54 Å². The molecule has 6 heteroatoms. The molecule has 0 atom stereocenters. The maximum Gasteiger partial charge on any atom is 0.190 e. The Bertz CT molecular complexity index is 859. The van der Waals surface area contributed by atoms with Gasteiger partial charge in [-0.15, -0.1) is 22.7 Å². The second-order valence-corrected chi connectivity index (χ2v) is 8.22. The van der Waals surface area contributed by atoms with Gasteiger partial charge in [-0.05, 0) is 61.8 Å². The molecule has 26 heavy (non-hydrogen) atoms. The van der Waals surface area contributed by atoms with Crippen LogP contribution in [0.15, 0.2) is 52.2 Å². The van der Waals surface area contributed by atoms with E-state index in [2.05, 4.69) is 46.2 Å². The normalized spacial score (nSPS) is 12.2. The van der Waals surface area contributed by atoms with E-state index in [9.17, 15) is 0 Å². The minimum atomic E-state index is 0.738. The molecule has 0 saturated carbocycles. The standard InChI is InChI=1S/C20H24ClN3S2/c1-3-23(4-2)12-6-13-24-18(19-7-5-14-25-19)15-26-20(24)22-17-10-8-16(21)9-11-17/h5,7-11,14-15H,3-4,6,12-13H2,1-2H3. The molecule has 0 radical (unpaired) electrons. The van der Waals surface area contributed by atoms with Gasteiger partial charge in [0, 0.05) is 16.9 Å². The van der Waals surface area contributed by atoms with E-state index in [1.54, 1.807) is 22.7 Å². The summed E-state index contributed by atoms with van der Waals surface area (Å²) in [5.74, 6) is 0. The minimum absolute atomic E-state index is 0.738. The first kappa shape index (κ1) is 19.4. The van der Waals surface area contributed by atoms with Crippen LogP contribution in [0.2, 0.25) is 5.02 Å². The van der Waals surface area contributed by atoms with Gasteiger partial charge in [-0.25, -0.2) is 4.99 Å². The monoisotopic (exact) mass is 405 g/mol. The third-order valence-electron chi connectivity index (χ3n) is 4.37. The number of thiazole rings is 1. The molecule has 0 N–H and O–H groups in total. The maximum atomic E-state index is 6.00. The highest BCUT2D eigenvalue weighted by Gasteiger charge is 2.10. The quantitative estimate of drug-likeness (QED) is 0.457. The van der Waals surface area contributed by atoms with Gasteiger partial charge in [0.25, 0.3) is 0 Å². The van der Waals surface area contributed by atoms with Crippen molar-refractivity contribution in [2.24, 2.45) is 4.99 Å². The summed E-state index contributed by atoms with van der Waals surface area (Å²) in [6, 6.07) is 12.0. The molecule has 0 aliphatic rings. The molecule has 0 bridgehead atoms. The number of rotatable bonds is 8. The number of aromatic nitrogens is 1. The highest BCUT2D eigenvalue weighted by molar-refractivity contribution is 7.14. The molecule has 2 aromatic heterocycles. The second-order valence-electron chi connectivity index (χ2n) is 6.00. The van der Waals surface area contributed by atoms with E-state index in [0.29, 0.717) is 0 Å². The van der Waals surface area contributed by atoms with Crippen molar-refractivity contribution in [3.63, 3.8) is 0 Å². The largest absolute Gasteiger partial charge is 0.316 e. The predicted octanol–water partition coefficient (Wildman–Crippen LogP) is 5.90. The maximum absolute atomic E-state index is 6.00. The summed E-state index contributed by atoms with van der Waals surface area (Å²) < 4.78 is 2.36. The van der Waals surface area contributed by atoms with E-state index in [0.717, 1.165) is 48.1 Å². The van der Waals surface area contributed by atoms with Crippen LogP contribution < -0.4 is 4.80 Å². The molecule has 0 unspecified atom stereocenters. The lowest BCUT2D eigenvalue weighted by atomic mass is 10.3. The topological polar surface area (TPSA) is 20.5 Å². The number of hydrogen-bond acceptors (Lipinski definition) is 4. The van der Waals surface area contributed by atoms with Crippen LogP contribution in [0.4, 0.5) is 5.69 Å². The first-order valence-electron chi connectivity index (χ1n) is 8.96. The second kappa shape index (κ2) is 9.51. The summed E-state index contributed by atoms with van der Waals surface area (Å²) in [5.41, 5.74) is 2.20.